The van der Waals surface area contributed by atoms with Gasteiger partial charge in [-0.2, -0.15) is 0 Å². The summed E-state index contributed by atoms with van der Waals surface area (Å²) in [7, 11) is -1.82. The van der Waals surface area contributed by atoms with Gasteiger partial charge in [0, 0.05) is 11.0 Å². The second kappa shape index (κ2) is 6.79. The lowest BCUT2D eigenvalue weighted by molar-refractivity contribution is 0.601. The average Bonchev–Trinajstić information content (AvgIpc) is 2.43. The molecule has 4 nitrogen and oxygen atoms in total. The summed E-state index contributed by atoms with van der Waals surface area (Å²) in [6, 6.07) is 11.7. The summed E-state index contributed by atoms with van der Waals surface area (Å²) in [5.74, 6) is 0. The predicted molar refractivity (Wildman–Crippen MR) is 89.2 cm³/mol. The van der Waals surface area contributed by atoms with Gasteiger partial charge in [-0.3, -0.25) is 4.72 Å². The highest BCUT2D eigenvalue weighted by Gasteiger charge is 2.15. The van der Waals surface area contributed by atoms with E-state index < -0.39 is 10.0 Å². The molecule has 0 radical (unpaired) electrons. The minimum atomic E-state index is -3.63. The van der Waals surface area contributed by atoms with E-state index in [-0.39, 0.29) is 4.90 Å². The maximum atomic E-state index is 12.4. The number of halogens is 2. The van der Waals surface area contributed by atoms with Crippen LogP contribution in [0.1, 0.15) is 5.56 Å². The van der Waals surface area contributed by atoms with Crippen LogP contribution >= 0.6 is 27.5 Å². The molecule has 0 aliphatic rings. The first-order valence-electron chi connectivity index (χ1n) is 6.14. The lowest BCUT2D eigenvalue weighted by atomic mass is 10.2. The number of sulfonamides is 1. The molecule has 7 heteroatoms. The summed E-state index contributed by atoms with van der Waals surface area (Å²) in [6.45, 7) is 0.607. The molecule has 0 heterocycles. The van der Waals surface area contributed by atoms with Crippen LogP contribution in [-0.2, 0) is 16.6 Å². The zero-order valence-electron chi connectivity index (χ0n) is 11.2. The van der Waals surface area contributed by atoms with Crippen molar-refractivity contribution in [3.05, 3.63) is 57.5 Å². The predicted octanol–water partition coefficient (Wildman–Crippen LogP) is 3.62. The molecule has 2 aromatic carbocycles. The van der Waals surface area contributed by atoms with E-state index in [0.29, 0.717) is 21.7 Å². The van der Waals surface area contributed by atoms with E-state index in [0.717, 1.165) is 5.56 Å². The van der Waals surface area contributed by atoms with Crippen molar-refractivity contribution in [2.75, 3.05) is 11.8 Å². The molecule has 0 atom stereocenters. The molecule has 2 N–H and O–H groups in total. The fourth-order valence-corrected chi connectivity index (χ4v) is 3.42. The van der Waals surface area contributed by atoms with E-state index in [1.54, 1.807) is 36.4 Å². The molecule has 2 rings (SSSR count). The lowest BCUT2D eigenvalue weighted by Gasteiger charge is -2.10. The van der Waals surface area contributed by atoms with Crippen LogP contribution in [0.4, 0.5) is 5.69 Å². The molecule has 0 fully saturated rings. The molecule has 21 heavy (non-hydrogen) atoms. The first-order chi connectivity index (χ1) is 9.92. The van der Waals surface area contributed by atoms with Crippen LogP contribution in [0.5, 0.6) is 0 Å². The molecule has 0 aromatic heterocycles. The van der Waals surface area contributed by atoms with Crippen LogP contribution in [0.15, 0.2) is 51.8 Å². The molecule has 0 saturated heterocycles. The van der Waals surface area contributed by atoms with Gasteiger partial charge in [-0.05, 0) is 58.9 Å². The standard InChI is InChI=1S/C14H14BrClN2O2S/c1-17-9-10-3-2-4-12(7-10)21(19,20)18-11-5-6-14(16)13(15)8-11/h2-8,17-18H,9H2,1H3. The summed E-state index contributed by atoms with van der Waals surface area (Å²) in [4.78, 5) is 0.223. The topological polar surface area (TPSA) is 58.2 Å². The Bertz CT molecular complexity index is 750. The van der Waals surface area contributed by atoms with Crippen LogP contribution < -0.4 is 10.0 Å². The number of benzene rings is 2. The molecule has 2 aromatic rings. The van der Waals surface area contributed by atoms with E-state index in [1.165, 1.54) is 0 Å². The Labute approximate surface area is 137 Å². The second-order valence-electron chi connectivity index (χ2n) is 4.41. The van der Waals surface area contributed by atoms with E-state index >= 15 is 0 Å². The van der Waals surface area contributed by atoms with Crippen molar-refractivity contribution in [1.29, 1.82) is 0 Å². The first-order valence-corrected chi connectivity index (χ1v) is 8.79. The quantitative estimate of drug-likeness (QED) is 0.821. The van der Waals surface area contributed by atoms with Crippen molar-refractivity contribution < 1.29 is 8.42 Å². The Kier molecular flexibility index (Phi) is 5.27. The second-order valence-corrected chi connectivity index (χ2v) is 7.36. The molecule has 0 aliphatic carbocycles. The largest absolute Gasteiger partial charge is 0.316 e. The van der Waals surface area contributed by atoms with Crippen molar-refractivity contribution in [3.8, 4) is 0 Å². The summed E-state index contributed by atoms with van der Waals surface area (Å²) in [6.07, 6.45) is 0. The highest BCUT2D eigenvalue weighted by Crippen LogP contribution is 2.27. The van der Waals surface area contributed by atoms with Gasteiger partial charge in [0.15, 0.2) is 0 Å². The molecule has 0 spiro atoms. The Balaban J connectivity index is 2.29. The van der Waals surface area contributed by atoms with Crippen molar-refractivity contribution in [2.24, 2.45) is 0 Å². The van der Waals surface area contributed by atoms with Crippen molar-refractivity contribution in [3.63, 3.8) is 0 Å². The molecule has 0 saturated carbocycles. The van der Waals surface area contributed by atoms with Crippen LogP contribution in [0.25, 0.3) is 0 Å². The number of hydrogen-bond acceptors (Lipinski definition) is 3. The van der Waals surface area contributed by atoms with Gasteiger partial charge in [0.25, 0.3) is 10.0 Å². The van der Waals surface area contributed by atoms with Crippen LogP contribution in [0.2, 0.25) is 5.02 Å². The first kappa shape index (κ1) is 16.3. The number of rotatable bonds is 5. The maximum Gasteiger partial charge on any atom is 0.261 e. The molecular formula is C14H14BrClN2O2S. The molecule has 0 aliphatic heterocycles. The van der Waals surface area contributed by atoms with Gasteiger partial charge >= 0.3 is 0 Å². The van der Waals surface area contributed by atoms with Gasteiger partial charge in [0.2, 0.25) is 0 Å². The van der Waals surface area contributed by atoms with Gasteiger partial charge < -0.3 is 5.32 Å². The van der Waals surface area contributed by atoms with Crippen LogP contribution in [0, 0.1) is 0 Å². The molecule has 0 bridgehead atoms. The van der Waals surface area contributed by atoms with Crippen LogP contribution in [-0.4, -0.2) is 15.5 Å². The summed E-state index contributed by atoms with van der Waals surface area (Å²) >= 11 is 9.16. The molecular weight excluding hydrogens is 376 g/mol. The van der Waals surface area contributed by atoms with Crippen molar-refractivity contribution in [2.45, 2.75) is 11.4 Å². The third kappa shape index (κ3) is 4.20. The van der Waals surface area contributed by atoms with Gasteiger partial charge in [-0.15, -0.1) is 0 Å². The molecule has 112 valence electrons. The summed E-state index contributed by atoms with van der Waals surface area (Å²) in [5, 5.41) is 3.51. The molecule has 0 unspecified atom stereocenters. The van der Waals surface area contributed by atoms with Crippen molar-refractivity contribution in [1.82, 2.24) is 5.32 Å². The fourth-order valence-electron chi connectivity index (χ4n) is 1.80. The smallest absolute Gasteiger partial charge is 0.261 e. The Morgan fingerprint density at radius 1 is 1.19 bits per heavy atom. The van der Waals surface area contributed by atoms with E-state index in [1.807, 2.05) is 13.1 Å². The fraction of sp³-hybridized carbons (Fsp3) is 0.143. The third-order valence-electron chi connectivity index (χ3n) is 2.76. The van der Waals surface area contributed by atoms with Gasteiger partial charge in [-0.25, -0.2) is 8.42 Å². The zero-order valence-corrected chi connectivity index (χ0v) is 14.4. The van der Waals surface area contributed by atoms with E-state index in [2.05, 4.69) is 26.0 Å². The third-order valence-corrected chi connectivity index (χ3v) is 5.35. The van der Waals surface area contributed by atoms with E-state index in [4.69, 9.17) is 11.6 Å². The highest BCUT2D eigenvalue weighted by atomic mass is 79.9. The van der Waals surface area contributed by atoms with Gasteiger partial charge in [-0.1, -0.05) is 23.7 Å². The minimum absolute atomic E-state index is 0.223. The lowest BCUT2D eigenvalue weighted by Crippen LogP contribution is -2.14. The average molecular weight is 390 g/mol. The number of anilines is 1. The normalized spacial score (nSPS) is 11.4. The van der Waals surface area contributed by atoms with E-state index in [9.17, 15) is 8.42 Å². The monoisotopic (exact) mass is 388 g/mol. The van der Waals surface area contributed by atoms with Gasteiger partial charge in [0.1, 0.15) is 0 Å². The zero-order chi connectivity index (χ0) is 15.5. The van der Waals surface area contributed by atoms with Gasteiger partial charge in [0.05, 0.1) is 15.6 Å². The summed E-state index contributed by atoms with van der Waals surface area (Å²) < 4.78 is 27.9. The number of nitrogens with one attached hydrogen (secondary N) is 2. The Morgan fingerprint density at radius 3 is 2.62 bits per heavy atom. The SMILES string of the molecule is CNCc1cccc(S(=O)(=O)Nc2ccc(Cl)c(Br)c2)c1. The minimum Gasteiger partial charge on any atom is -0.316 e. The van der Waals surface area contributed by atoms with Crippen molar-refractivity contribution >= 4 is 43.2 Å². The maximum absolute atomic E-state index is 12.4. The number of hydrogen-bond donors (Lipinski definition) is 2. The Hall–Kier alpha value is -1.08. The highest BCUT2D eigenvalue weighted by molar-refractivity contribution is 9.10. The van der Waals surface area contributed by atoms with Crippen LogP contribution in [0.3, 0.4) is 0 Å². The molecule has 0 amide bonds. The summed E-state index contributed by atoms with van der Waals surface area (Å²) in [5.41, 5.74) is 1.35. The Morgan fingerprint density at radius 2 is 1.95 bits per heavy atom.